The van der Waals surface area contributed by atoms with E-state index >= 15 is 0 Å². The zero-order valence-electron chi connectivity index (χ0n) is 10.1. The molecule has 1 amide bonds. The van der Waals surface area contributed by atoms with E-state index in [1.807, 2.05) is 0 Å². The third-order valence-electron chi connectivity index (χ3n) is 2.40. The van der Waals surface area contributed by atoms with Crippen LogP contribution in [0.1, 0.15) is 20.8 Å². The number of aliphatic carboxylic acids is 1. The monoisotopic (exact) mass is 246 g/mol. The average molecular weight is 246 g/mol. The van der Waals surface area contributed by atoms with E-state index < -0.39 is 29.3 Å². The van der Waals surface area contributed by atoms with E-state index in [9.17, 15) is 14.7 Å². The summed E-state index contributed by atoms with van der Waals surface area (Å²) >= 11 is 0. The van der Waals surface area contributed by atoms with Gasteiger partial charge in [-0.2, -0.15) is 0 Å². The van der Waals surface area contributed by atoms with Crippen molar-refractivity contribution in [3.8, 4) is 0 Å². The number of likely N-dealkylation sites (tertiary alicyclic amines) is 1. The smallest absolute Gasteiger partial charge is 0.410 e. The van der Waals surface area contributed by atoms with Gasteiger partial charge in [-0.3, -0.25) is 0 Å². The third-order valence-corrected chi connectivity index (χ3v) is 2.40. The van der Waals surface area contributed by atoms with Gasteiger partial charge in [0, 0.05) is 13.1 Å². The molecule has 1 heterocycles. The quantitative estimate of drug-likeness (QED) is 0.598. The molecule has 1 atom stereocenters. The number of ether oxygens (including phenoxy) is 1. The summed E-state index contributed by atoms with van der Waals surface area (Å²) in [4.78, 5) is 23.4. The Morgan fingerprint density at radius 2 is 1.88 bits per heavy atom. The molecule has 7 nitrogen and oxygen atoms in total. The molecule has 0 aromatic heterocycles. The molecule has 0 aromatic carbocycles. The molecule has 4 N–H and O–H groups in total. The Kier molecular flexibility index (Phi) is 3.35. The molecular weight excluding hydrogens is 228 g/mol. The first kappa shape index (κ1) is 13.7. The van der Waals surface area contributed by atoms with Crippen LogP contribution >= 0.6 is 0 Å². The van der Waals surface area contributed by atoms with Gasteiger partial charge in [-0.05, 0) is 20.8 Å². The lowest BCUT2D eigenvalue weighted by atomic mass is 9.85. The Morgan fingerprint density at radius 1 is 1.41 bits per heavy atom. The average Bonchev–Trinajstić information content (AvgIpc) is 2.08. The molecule has 0 aliphatic carbocycles. The third kappa shape index (κ3) is 3.07. The summed E-state index contributed by atoms with van der Waals surface area (Å²) in [6, 6.07) is 0. The summed E-state index contributed by atoms with van der Waals surface area (Å²) in [5.41, 5.74) is 3.75. The highest BCUT2D eigenvalue weighted by molar-refractivity contribution is 5.76. The second-order valence-electron chi connectivity index (χ2n) is 5.31. The first-order valence-corrected chi connectivity index (χ1v) is 5.23. The van der Waals surface area contributed by atoms with Crippen LogP contribution in [0.3, 0.4) is 0 Å². The summed E-state index contributed by atoms with van der Waals surface area (Å²) in [5, 5.41) is 18.0. The molecule has 1 unspecified atom stereocenters. The Hall–Kier alpha value is -1.34. The number of aliphatic hydroxyl groups is 1. The molecule has 1 aliphatic heterocycles. The molecule has 1 fully saturated rings. The van der Waals surface area contributed by atoms with Crippen LogP contribution in [-0.2, 0) is 9.53 Å². The lowest BCUT2D eigenvalue weighted by Gasteiger charge is -2.48. The van der Waals surface area contributed by atoms with Crippen LogP contribution in [0.2, 0.25) is 0 Å². The number of rotatable bonds is 2. The summed E-state index contributed by atoms with van der Waals surface area (Å²) in [5.74, 6) is -1.39. The van der Waals surface area contributed by atoms with E-state index in [1.165, 1.54) is 4.90 Å². The second-order valence-corrected chi connectivity index (χ2v) is 5.31. The Bertz CT molecular complexity index is 330. The molecule has 1 aliphatic rings. The number of aliphatic hydroxyl groups excluding tert-OH is 1. The largest absolute Gasteiger partial charge is 0.479 e. The lowest BCUT2D eigenvalue weighted by Crippen LogP contribution is -2.75. The molecular formula is C10H18N2O5. The van der Waals surface area contributed by atoms with Crippen LogP contribution in [-0.4, -0.2) is 57.5 Å². The van der Waals surface area contributed by atoms with Gasteiger partial charge < -0.3 is 25.6 Å². The minimum absolute atomic E-state index is 0.0324. The van der Waals surface area contributed by atoms with Crippen molar-refractivity contribution in [2.75, 3.05) is 13.1 Å². The van der Waals surface area contributed by atoms with Crippen molar-refractivity contribution in [2.45, 2.75) is 38.0 Å². The van der Waals surface area contributed by atoms with Crippen molar-refractivity contribution in [3.05, 3.63) is 0 Å². The fraction of sp³-hybridized carbons (Fsp3) is 0.800. The fourth-order valence-electron chi connectivity index (χ4n) is 1.54. The summed E-state index contributed by atoms with van der Waals surface area (Å²) in [6.45, 7) is 5.12. The molecule has 0 radical (unpaired) electrons. The van der Waals surface area contributed by atoms with Crippen molar-refractivity contribution >= 4 is 12.1 Å². The first-order chi connectivity index (χ1) is 7.55. The van der Waals surface area contributed by atoms with Gasteiger partial charge in [-0.15, -0.1) is 0 Å². The Labute approximate surface area is 99.1 Å². The number of carboxylic acids is 1. The molecule has 1 rings (SSSR count). The summed E-state index contributed by atoms with van der Waals surface area (Å²) < 4.78 is 5.08. The topological polar surface area (TPSA) is 113 Å². The van der Waals surface area contributed by atoms with Crippen molar-refractivity contribution in [2.24, 2.45) is 5.73 Å². The fourth-order valence-corrected chi connectivity index (χ4v) is 1.54. The van der Waals surface area contributed by atoms with Gasteiger partial charge >= 0.3 is 12.1 Å². The van der Waals surface area contributed by atoms with Crippen LogP contribution < -0.4 is 5.73 Å². The maximum atomic E-state index is 11.5. The van der Waals surface area contributed by atoms with Crippen molar-refractivity contribution in [1.29, 1.82) is 0 Å². The van der Waals surface area contributed by atoms with Crippen LogP contribution in [0.15, 0.2) is 0 Å². The van der Waals surface area contributed by atoms with Crippen molar-refractivity contribution in [1.82, 2.24) is 4.90 Å². The molecule has 0 saturated carbocycles. The van der Waals surface area contributed by atoms with Crippen LogP contribution in [0.4, 0.5) is 4.79 Å². The number of carbonyl (C=O) groups excluding carboxylic acids is 1. The van der Waals surface area contributed by atoms with Gasteiger partial charge in [0.25, 0.3) is 0 Å². The molecule has 0 aromatic rings. The number of hydrogen-bond acceptors (Lipinski definition) is 5. The van der Waals surface area contributed by atoms with E-state index in [1.54, 1.807) is 20.8 Å². The zero-order chi connectivity index (χ0) is 13.4. The molecule has 1 saturated heterocycles. The van der Waals surface area contributed by atoms with E-state index in [4.69, 9.17) is 15.6 Å². The molecule has 7 heteroatoms. The van der Waals surface area contributed by atoms with Crippen LogP contribution in [0.5, 0.6) is 0 Å². The van der Waals surface area contributed by atoms with E-state index in [2.05, 4.69) is 0 Å². The highest BCUT2D eigenvalue weighted by atomic mass is 16.6. The van der Waals surface area contributed by atoms with Gasteiger partial charge in [-0.25, -0.2) is 9.59 Å². The zero-order valence-corrected chi connectivity index (χ0v) is 10.1. The van der Waals surface area contributed by atoms with E-state index in [0.29, 0.717) is 0 Å². The summed E-state index contributed by atoms with van der Waals surface area (Å²) in [7, 11) is 0. The summed E-state index contributed by atoms with van der Waals surface area (Å²) in [6.07, 6.45) is -2.24. The van der Waals surface area contributed by atoms with Crippen LogP contribution in [0.25, 0.3) is 0 Å². The lowest BCUT2D eigenvalue weighted by molar-refractivity contribution is -0.155. The Balaban J connectivity index is 2.51. The normalized spacial score (nSPS) is 20.4. The molecule has 0 bridgehead atoms. The number of nitrogens with two attached hydrogens (primary N) is 1. The molecule has 17 heavy (non-hydrogen) atoms. The highest BCUT2D eigenvalue weighted by Crippen LogP contribution is 2.24. The number of nitrogens with zero attached hydrogens (tertiary/aromatic N) is 1. The van der Waals surface area contributed by atoms with E-state index in [0.717, 1.165) is 0 Å². The predicted octanol–water partition coefficient (Wildman–Crippen LogP) is -0.620. The van der Waals surface area contributed by atoms with Gasteiger partial charge in [0.2, 0.25) is 0 Å². The number of carboxylic acid groups (broad SMARTS) is 1. The second kappa shape index (κ2) is 4.15. The van der Waals surface area contributed by atoms with Crippen molar-refractivity contribution in [3.63, 3.8) is 0 Å². The Morgan fingerprint density at radius 3 is 2.24 bits per heavy atom. The van der Waals surface area contributed by atoms with Crippen LogP contribution in [0, 0.1) is 0 Å². The first-order valence-electron chi connectivity index (χ1n) is 5.23. The predicted molar refractivity (Wildman–Crippen MR) is 58.4 cm³/mol. The maximum Gasteiger partial charge on any atom is 0.410 e. The minimum atomic E-state index is -1.68. The standard InChI is InChI=1S/C10H18N2O5/c1-9(2,3)17-8(16)12-4-10(11,5-12)6(13)7(14)15/h6,13H,4-5,11H2,1-3H3,(H,14,15). The van der Waals surface area contributed by atoms with E-state index in [-0.39, 0.29) is 13.1 Å². The number of hydrogen-bond donors (Lipinski definition) is 3. The maximum absolute atomic E-state index is 11.5. The highest BCUT2D eigenvalue weighted by Gasteiger charge is 2.51. The molecule has 0 spiro atoms. The van der Waals surface area contributed by atoms with Gasteiger partial charge in [0.1, 0.15) is 5.60 Å². The SMILES string of the molecule is CC(C)(C)OC(=O)N1CC(N)(C(O)C(=O)O)C1. The number of carbonyl (C=O) groups is 2. The van der Waals surface area contributed by atoms with Crippen molar-refractivity contribution < 1.29 is 24.5 Å². The number of amides is 1. The molecule has 98 valence electrons. The van der Waals surface area contributed by atoms with Gasteiger partial charge in [0.15, 0.2) is 6.10 Å². The van der Waals surface area contributed by atoms with Gasteiger partial charge in [0.05, 0.1) is 5.54 Å². The minimum Gasteiger partial charge on any atom is -0.479 e. The van der Waals surface area contributed by atoms with Gasteiger partial charge in [-0.1, -0.05) is 0 Å².